The predicted molar refractivity (Wildman–Crippen MR) is 105 cm³/mol. The Hall–Kier alpha value is -3.75. The van der Waals surface area contributed by atoms with Crippen LogP contribution in [0.4, 0.5) is 0 Å². The van der Waals surface area contributed by atoms with Crippen molar-refractivity contribution >= 4 is 18.1 Å². The van der Waals surface area contributed by atoms with Crippen molar-refractivity contribution in [1.82, 2.24) is 5.43 Å². The van der Waals surface area contributed by atoms with Gasteiger partial charge in [0.2, 0.25) is 0 Å². The molecule has 0 spiro atoms. The Balaban J connectivity index is 2.08. The van der Waals surface area contributed by atoms with E-state index in [2.05, 4.69) is 10.5 Å². The summed E-state index contributed by atoms with van der Waals surface area (Å²) in [4.78, 5) is 22.9. The smallest absolute Gasteiger partial charge is 0.341 e. The van der Waals surface area contributed by atoms with Gasteiger partial charge in [-0.2, -0.15) is 5.10 Å². The summed E-state index contributed by atoms with van der Waals surface area (Å²) in [6.07, 6.45) is 1.43. The molecule has 0 aromatic heterocycles. The topological polar surface area (TPSA) is 116 Å². The first-order valence-corrected chi connectivity index (χ1v) is 8.65. The fourth-order valence-corrected chi connectivity index (χ4v) is 2.34. The van der Waals surface area contributed by atoms with Gasteiger partial charge in [-0.1, -0.05) is 0 Å². The Morgan fingerprint density at radius 2 is 1.72 bits per heavy atom. The summed E-state index contributed by atoms with van der Waals surface area (Å²) < 4.78 is 21.0. The zero-order chi connectivity index (χ0) is 21.2. The summed E-state index contributed by atoms with van der Waals surface area (Å²) in [6.45, 7) is 1.69. The number of ether oxygens (including phenoxy) is 4. The summed E-state index contributed by atoms with van der Waals surface area (Å²) in [5.74, 6) is 0.123. The molecule has 0 aliphatic carbocycles. The normalized spacial score (nSPS) is 10.4. The molecule has 0 unspecified atom stereocenters. The molecular weight excluding hydrogens is 380 g/mol. The number of hydrogen-bond acceptors (Lipinski definition) is 7. The molecule has 0 aliphatic heterocycles. The number of nitrogens with zero attached hydrogens (tertiary/aromatic N) is 1. The lowest BCUT2D eigenvalue weighted by Crippen LogP contribution is -2.17. The van der Waals surface area contributed by atoms with Crippen LogP contribution >= 0.6 is 0 Å². The molecule has 2 aromatic carbocycles. The van der Waals surface area contributed by atoms with Crippen molar-refractivity contribution in [2.24, 2.45) is 5.10 Å². The van der Waals surface area contributed by atoms with Gasteiger partial charge in [0, 0.05) is 5.56 Å². The Morgan fingerprint density at radius 3 is 2.38 bits per heavy atom. The van der Waals surface area contributed by atoms with E-state index < -0.39 is 18.5 Å². The molecule has 0 heterocycles. The van der Waals surface area contributed by atoms with Gasteiger partial charge in [0.15, 0.2) is 29.6 Å². The summed E-state index contributed by atoms with van der Waals surface area (Å²) >= 11 is 0. The van der Waals surface area contributed by atoms with Crippen LogP contribution in [0.15, 0.2) is 41.5 Å². The number of rotatable bonds is 10. The van der Waals surface area contributed by atoms with E-state index in [1.165, 1.54) is 20.4 Å². The first-order chi connectivity index (χ1) is 14.0. The maximum Gasteiger partial charge on any atom is 0.341 e. The van der Waals surface area contributed by atoms with E-state index in [9.17, 15) is 9.59 Å². The number of nitrogens with one attached hydrogen (secondary N) is 1. The maximum absolute atomic E-state index is 12.3. The third kappa shape index (κ3) is 6.13. The lowest BCUT2D eigenvalue weighted by molar-refractivity contribution is -0.139. The number of hydrogen-bond donors (Lipinski definition) is 2. The van der Waals surface area contributed by atoms with Crippen molar-refractivity contribution in [1.29, 1.82) is 0 Å². The van der Waals surface area contributed by atoms with Gasteiger partial charge in [-0.3, -0.25) is 4.79 Å². The zero-order valence-corrected chi connectivity index (χ0v) is 16.3. The van der Waals surface area contributed by atoms with E-state index in [1.807, 2.05) is 0 Å². The van der Waals surface area contributed by atoms with Gasteiger partial charge in [0.1, 0.15) is 0 Å². The number of amides is 1. The van der Waals surface area contributed by atoms with E-state index in [4.69, 9.17) is 24.1 Å². The summed E-state index contributed by atoms with van der Waals surface area (Å²) in [5, 5.41) is 12.7. The Bertz CT molecular complexity index is 896. The van der Waals surface area contributed by atoms with E-state index in [1.54, 1.807) is 43.3 Å². The Kier molecular flexibility index (Phi) is 7.84. The number of carboxylic acids is 1. The minimum atomic E-state index is -1.09. The van der Waals surface area contributed by atoms with Crippen LogP contribution in [0.3, 0.4) is 0 Å². The van der Waals surface area contributed by atoms with Gasteiger partial charge in [-0.05, 0) is 48.9 Å². The van der Waals surface area contributed by atoms with Crippen molar-refractivity contribution in [3.63, 3.8) is 0 Å². The number of hydrazone groups is 1. The monoisotopic (exact) mass is 402 g/mol. The summed E-state index contributed by atoms with van der Waals surface area (Å²) in [6, 6.07) is 9.63. The number of carbonyl (C=O) groups is 2. The number of carboxylic acid groups (broad SMARTS) is 1. The highest BCUT2D eigenvalue weighted by Crippen LogP contribution is 2.28. The van der Waals surface area contributed by atoms with Crippen LogP contribution < -0.4 is 24.4 Å². The third-order valence-corrected chi connectivity index (χ3v) is 3.64. The van der Waals surface area contributed by atoms with Gasteiger partial charge < -0.3 is 24.1 Å². The number of aliphatic carboxylic acids is 1. The average molecular weight is 402 g/mol. The molecule has 0 saturated heterocycles. The minimum Gasteiger partial charge on any atom is -0.493 e. The van der Waals surface area contributed by atoms with Gasteiger partial charge in [0.25, 0.3) is 5.91 Å². The van der Waals surface area contributed by atoms with Crippen molar-refractivity contribution in [2.75, 3.05) is 27.4 Å². The molecule has 0 radical (unpaired) electrons. The molecule has 2 aromatic rings. The Labute approximate surface area is 167 Å². The molecule has 0 bridgehead atoms. The van der Waals surface area contributed by atoms with Crippen LogP contribution in [-0.2, 0) is 4.79 Å². The standard InChI is InChI=1S/C20H22N2O7/c1-4-28-18-9-13(5-7-16(18)29-12-19(23)24)11-21-22-20(25)14-6-8-15(26-2)17(10-14)27-3/h5-11H,4,12H2,1-3H3,(H,22,25)(H,23,24)/b21-11+. The molecule has 0 saturated carbocycles. The fourth-order valence-electron chi connectivity index (χ4n) is 2.34. The SMILES string of the molecule is CCOc1cc(/C=N/NC(=O)c2ccc(OC)c(OC)c2)ccc1OCC(=O)O. The molecule has 154 valence electrons. The molecule has 9 nitrogen and oxygen atoms in total. The van der Waals surface area contributed by atoms with E-state index in [-0.39, 0.29) is 0 Å². The quantitative estimate of drug-likeness (QED) is 0.463. The van der Waals surface area contributed by atoms with Crippen LogP contribution in [-0.4, -0.2) is 50.6 Å². The molecule has 0 fully saturated rings. The lowest BCUT2D eigenvalue weighted by atomic mass is 10.2. The first-order valence-electron chi connectivity index (χ1n) is 8.65. The maximum atomic E-state index is 12.3. The largest absolute Gasteiger partial charge is 0.493 e. The van der Waals surface area contributed by atoms with Gasteiger partial charge >= 0.3 is 5.97 Å². The highest BCUT2D eigenvalue weighted by molar-refractivity contribution is 5.95. The number of methoxy groups -OCH3 is 2. The fraction of sp³-hybridized carbons (Fsp3) is 0.250. The predicted octanol–water partition coefficient (Wildman–Crippen LogP) is 2.33. The summed E-state index contributed by atoms with van der Waals surface area (Å²) in [7, 11) is 2.99. The highest BCUT2D eigenvalue weighted by atomic mass is 16.5. The second-order valence-corrected chi connectivity index (χ2v) is 5.59. The molecule has 2 N–H and O–H groups in total. The second kappa shape index (κ2) is 10.5. The van der Waals surface area contributed by atoms with Gasteiger partial charge in [-0.15, -0.1) is 0 Å². The summed E-state index contributed by atoms with van der Waals surface area (Å²) in [5.41, 5.74) is 3.41. The van der Waals surface area contributed by atoms with Gasteiger partial charge in [-0.25, -0.2) is 10.2 Å². The average Bonchev–Trinajstić information content (AvgIpc) is 2.72. The highest BCUT2D eigenvalue weighted by Gasteiger charge is 2.11. The molecular formula is C20H22N2O7. The molecule has 0 aliphatic rings. The van der Waals surface area contributed by atoms with E-state index >= 15 is 0 Å². The second-order valence-electron chi connectivity index (χ2n) is 5.59. The van der Waals surface area contributed by atoms with Crippen molar-refractivity contribution < 1.29 is 33.6 Å². The third-order valence-electron chi connectivity index (χ3n) is 3.64. The number of carbonyl (C=O) groups excluding carboxylic acids is 1. The van der Waals surface area contributed by atoms with E-state index in [0.29, 0.717) is 40.7 Å². The number of benzene rings is 2. The van der Waals surface area contributed by atoms with Crippen LogP contribution in [0.2, 0.25) is 0 Å². The molecule has 1 amide bonds. The van der Waals surface area contributed by atoms with Crippen LogP contribution in [0.5, 0.6) is 23.0 Å². The van der Waals surface area contributed by atoms with Crippen molar-refractivity contribution in [3.05, 3.63) is 47.5 Å². The van der Waals surface area contributed by atoms with Crippen LogP contribution in [0.25, 0.3) is 0 Å². The van der Waals surface area contributed by atoms with Crippen molar-refractivity contribution in [3.8, 4) is 23.0 Å². The van der Waals surface area contributed by atoms with Crippen LogP contribution in [0, 0.1) is 0 Å². The Morgan fingerprint density at radius 1 is 1.00 bits per heavy atom. The molecule has 2 rings (SSSR count). The van der Waals surface area contributed by atoms with E-state index in [0.717, 1.165) is 0 Å². The molecule has 9 heteroatoms. The van der Waals surface area contributed by atoms with Crippen molar-refractivity contribution in [2.45, 2.75) is 6.92 Å². The molecule has 0 atom stereocenters. The molecule has 29 heavy (non-hydrogen) atoms. The lowest BCUT2D eigenvalue weighted by Gasteiger charge is -2.11. The van der Waals surface area contributed by atoms with Gasteiger partial charge in [0.05, 0.1) is 27.0 Å². The first kappa shape index (κ1) is 21.5. The zero-order valence-electron chi connectivity index (χ0n) is 16.3. The van der Waals surface area contributed by atoms with Crippen LogP contribution in [0.1, 0.15) is 22.8 Å². The minimum absolute atomic E-state index is 0.306.